The van der Waals surface area contributed by atoms with Gasteiger partial charge in [-0.05, 0) is 58.2 Å². The fraction of sp³-hybridized carbons (Fsp3) is 0.375. The van der Waals surface area contributed by atoms with Gasteiger partial charge < -0.3 is 10.6 Å². The largest absolute Gasteiger partial charge is 0.362 e. The number of thiocarbonyl (C=S) groups is 1. The van der Waals surface area contributed by atoms with Crippen molar-refractivity contribution in [3.8, 4) is 0 Å². The number of benzene rings is 1. The Morgan fingerprint density at radius 2 is 2.05 bits per heavy atom. The molecule has 0 fully saturated rings. The van der Waals surface area contributed by atoms with Crippen molar-refractivity contribution in [3.63, 3.8) is 0 Å². The van der Waals surface area contributed by atoms with Crippen LogP contribution in [-0.2, 0) is 6.54 Å². The standard InChI is InChI=1S/C16H21BrN4S/c1-12(2)13-4-6-15(7-5-13)20-16(22)18-8-3-9-21-11-14(17)10-19-21/h4-7,10-12H,3,8-9H2,1-2H3,(H2,18,20,22). The molecule has 1 aromatic carbocycles. The Kier molecular flexibility index (Phi) is 6.39. The number of aromatic nitrogens is 2. The highest BCUT2D eigenvalue weighted by Crippen LogP contribution is 2.16. The number of halogens is 1. The number of aryl methyl sites for hydroxylation is 1. The van der Waals surface area contributed by atoms with Crippen molar-refractivity contribution in [1.29, 1.82) is 0 Å². The lowest BCUT2D eigenvalue weighted by atomic mass is 10.0. The average molecular weight is 381 g/mol. The maximum Gasteiger partial charge on any atom is 0.170 e. The number of hydrogen-bond acceptors (Lipinski definition) is 2. The highest BCUT2D eigenvalue weighted by Gasteiger charge is 2.01. The lowest BCUT2D eigenvalue weighted by Crippen LogP contribution is -2.29. The van der Waals surface area contributed by atoms with Gasteiger partial charge in [-0.2, -0.15) is 5.10 Å². The Morgan fingerprint density at radius 3 is 2.64 bits per heavy atom. The van der Waals surface area contributed by atoms with E-state index in [2.05, 4.69) is 69.8 Å². The first kappa shape index (κ1) is 17.0. The summed E-state index contributed by atoms with van der Waals surface area (Å²) in [7, 11) is 0. The molecule has 0 aliphatic heterocycles. The highest BCUT2D eigenvalue weighted by atomic mass is 79.9. The van der Waals surface area contributed by atoms with Gasteiger partial charge in [0.05, 0.1) is 10.7 Å². The summed E-state index contributed by atoms with van der Waals surface area (Å²) < 4.78 is 2.91. The first-order valence-corrected chi connectivity index (χ1v) is 8.57. The van der Waals surface area contributed by atoms with E-state index in [0.29, 0.717) is 11.0 Å². The zero-order valence-corrected chi connectivity index (χ0v) is 15.2. The number of hydrogen-bond donors (Lipinski definition) is 2. The van der Waals surface area contributed by atoms with E-state index in [0.717, 1.165) is 29.7 Å². The van der Waals surface area contributed by atoms with Crippen LogP contribution in [0.1, 0.15) is 31.7 Å². The van der Waals surface area contributed by atoms with Crippen LogP contribution in [-0.4, -0.2) is 21.4 Å². The molecule has 2 aromatic rings. The molecule has 0 radical (unpaired) electrons. The molecule has 2 N–H and O–H groups in total. The van der Waals surface area contributed by atoms with Gasteiger partial charge in [0.25, 0.3) is 0 Å². The van der Waals surface area contributed by atoms with E-state index < -0.39 is 0 Å². The van der Waals surface area contributed by atoms with Crippen LogP contribution in [0.25, 0.3) is 0 Å². The van der Waals surface area contributed by atoms with Crippen molar-refractivity contribution in [2.45, 2.75) is 32.7 Å². The van der Waals surface area contributed by atoms with Crippen LogP contribution < -0.4 is 10.6 Å². The molecule has 0 aliphatic rings. The predicted molar refractivity (Wildman–Crippen MR) is 99.3 cm³/mol. The van der Waals surface area contributed by atoms with Gasteiger partial charge in [-0.3, -0.25) is 4.68 Å². The monoisotopic (exact) mass is 380 g/mol. The minimum Gasteiger partial charge on any atom is -0.362 e. The van der Waals surface area contributed by atoms with E-state index in [1.165, 1.54) is 5.56 Å². The van der Waals surface area contributed by atoms with E-state index in [4.69, 9.17) is 12.2 Å². The molecule has 0 saturated carbocycles. The summed E-state index contributed by atoms with van der Waals surface area (Å²) in [6.45, 7) is 6.05. The Balaban J connectivity index is 1.69. The summed E-state index contributed by atoms with van der Waals surface area (Å²) in [4.78, 5) is 0. The van der Waals surface area contributed by atoms with Gasteiger partial charge in [-0.25, -0.2) is 0 Å². The Labute approximate surface area is 145 Å². The minimum absolute atomic E-state index is 0.543. The summed E-state index contributed by atoms with van der Waals surface area (Å²) in [6.07, 6.45) is 4.72. The summed E-state index contributed by atoms with van der Waals surface area (Å²) in [5, 5.41) is 11.3. The Bertz CT molecular complexity index is 607. The van der Waals surface area contributed by atoms with Crippen LogP contribution in [0, 0.1) is 0 Å². The lowest BCUT2D eigenvalue weighted by molar-refractivity contribution is 0.573. The summed E-state index contributed by atoms with van der Waals surface area (Å²) >= 11 is 8.69. The molecule has 0 bridgehead atoms. The second-order valence-electron chi connectivity index (χ2n) is 5.43. The zero-order valence-electron chi connectivity index (χ0n) is 12.8. The summed E-state index contributed by atoms with van der Waals surface area (Å²) in [5.41, 5.74) is 2.34. The van der Waals surface area contributed by atoms with Crippen molar-refractivity contribution in [3.05, 3.63) is 46.7 Å². The van der Waals surface area contributed by atoms with Crippen molar-refractivity contribution < 1.29 is 0 Å². The second-order valence-corrected chi connectivity index (χ2v) is 6.76. The third-order valence-electron chi connectivity index (χ3n) is 3.29. The molecule has 0 unspecified atom stereocenters. The van der Waals surface area contributed by atoms with Crippen molar-refractivity contribution in [2.75, 3.05) is 11.9 Å². The zero-order chi connectivity index (χ0) is 15.9. The van der Waals surface area contributed by atoms with Crippen molar-refractivity contribution in [1.82, 2.24) is 15.1 Å². The van der Waals surface area contributed by atoms with Crippen molar-refractivity contribution in [2.24, 2.45) is 0 Å². The molecule has 118 valence electrons. The molecule has 0 amide bonds. The number of anilines is 1. The maximum atomic E-state index is 5.30. The van der Waals surface area contributed by atoms with Crippen LogP contribution in [0.3, 0.4) is 0 Å². The third kappa shape index (κ3) is 5.42. The normalized spacial score (nSPS) is 10.7. The molecule has 0 aliphatic carbocycles. The van der Waals surface area contributed by atoms with E-state index in [1.54, 1.807) is 6.20 Å². The molecule has 6 heteroatoms. The Hall–Kier alpha value is -1.40. The first-order chi connectivity index (χ1) is 10.5. The summed E-state index contributed by atoms with van der Waals surface area (Å²) in [6, 6.07) is 8.38. The smallest absolute Gasteiger partial charge is 0.170 e. The van der Waals surface area contributed by atoms with E-state index in [-0.39, 0.29) is 0 Å². The molecule has 0 atom stereocenters. The fourth-order valence-electron chi connectivity index (χ4n) is 2.03. The molecule has 1 aromatic heterocycles. The van der Waals surface area contributed by atoms with E-state index in [9.17, 15) is 0 Å². The predicted octanol–water partition coefficient (Wildman–Crippen LogP) is 4.15. The molecular weight excluding hydrogens is 360 g/mol. The average Bonchev–Trinajstić information content (AvgIpc) is 2.90. The van der Waals surface area contributed by atoms with Crippen LogP contribution >= 0.6 is 28.1 Å². The number of nitrogens with zero attached hydrogens (tertiary/aromatic N) is 2. The van der Waals surface area contributed by atoms with Crippen LogP contribution in [0.4, 0.5) is 5.69 Å². The molecule has 0 saturated heterocycles. The number of nitrogens with one attached hydrogen (secondary N) is 2. The third-order valence-corrected chi connectivity index (χ3v) is 3.94. The first-order valence-electron chi connectivity index (χ1n) is 7.37. The van der Waals surface area contributed by atoms with Gasteiger partial charge in [0, 0.05) is 25.0 Å². The molecule has 22 heavy (non-hydrogen) atoms. The number of rotatable bonds is 6. The van der Waals surface area contributed by atoms with Crippen molar-refractivity contribution >= 4 is 38.9 Å². The minimum atomic E-state index is 0.543. The summed E-state index contributed by atoms with van der Waals surface area (Å²) in [5.74, 6) is 0.543. The highest BCUT2D eigenvalue weighted by molar-refractivity contribution is 9.10. The molecule has 1 heterocycles. The quantitative estimate of drug-likeness (QED) is 0.583. The fourth-order valence-corrected chi connectivity index (χ4v) is 2.58. The SMILES string of the molecule is CC(C)c1ccc(NC(=S)NCCCn2cc(Br)cn2)cc1. The Morgan fingerprint density at radius 1 is 1.32 bits per heavy atom. The topological polar surface area (TPSA) is 41.9 Å². The van der Waals surface area contributed by atoms with Crippen LogP contribution in [0.15, 0.2) is 41.1 Å². The molecular formula is C16H21BrN4S. The second kappa shape index (κ2) is 8.29. The van der Waals surface area contributed by atoms with Gasteiger partial charge >= 0.3 is 0 Å². The van der Waals surface area contributed by atoms with Crippen LogP contribution in [0.2, 0.25) is 0 Å². The van der Waals surface area contributed by atoms with Gasteiger partial charge in [-0.1, -0.05) is 26.0 Å². The van der Waals surface area contributed by atoms with Gasteiger partial charge in [0.15, 0.2) is 5.11 Å². The molecule has 2 rings (SSSR count). The van der Waals surface area contributed by atoms with Crippen LogP contribution in [0.5, 0.6) is 0 Å². The van der Waals surface area contributed by atoms with E-state index in [1.807, 2.05) is 10.9 Å². The molecule has 0 spiro atoms. The van der Waals surface area contributed by atoms with E-state index >= 15 is 0 Å². The molecule has 4 nitrogen and oxygen atoms in total. The maximum absolute atomic E-state index is 5.30. The van der Waals surface area contributed by atoms with Gasteiger partial charge in [0.1, 0.15) is 0 Å². The van der Waals surface area contributed by atoms with Gasteiger partial charge in [-0.15, -0.1) is 0 Å². The lowest BCUT2D eigenvalue weighted by Gasteiger charge is -2.12. The van der Waals surface area contributed by atoms with Gasteiger partial charge in [0.2, 0.25) is 0 Å².